The molecule has 3 aromatic rings. The van der Waals surface area contributed by atoms with Crippen LogP contribution in [0.15, 0.2) is 35.4 Å². The molecular weight excluding hydrogens is 514 g/mol. The Bertz CT molecular complexity index is 1430. The van der Waals surface area contributed by atoms with E-state index >= 15 is 0 Å². The fraction of sp³-hybridized carbons (Fsp3) is 0.500. The highest BCUT2D eigenvalue weighted by atomic mass is 32.1. The average Bonchev–Trinajstić information content (AvgIpc) is 3.41. The van der Waals surface area contributed by atoms with Crippen molar-refractivity contribution < 1.29 is 19.4 Å². The third-order valence-electron chi connectivity index (χ3n) is 7.93. The zero-order valence-electron chi connectivity index (χ0n) is 23.3. The van der Waals surface area contributed by atoms with Gasteiger partial charge in [0.2, 0.25) is 0 Å². The molecule has 0 saturated carbocycles. The summed E-state index contributed by atoms with van der Waals surface area (Å²) in [6, 6.07) is 5.77. The smallest absolute Gasteiger partial charge is 0.343 e. The zero-order chi connectivity index (χ0) is 27.9. The molecule has 8 nitrogen and oxygen atoms in total. The van der Waals surface area contributed by atoms with Crippen LogP contribution < -0.4 is 15.1 Å². The summed E-state index contributed by atoms with van der Waals surface area (Å²) in [7, 11) is 1.66. The fourth-order valence-electron chi connectivity index (χ4n) is 5.65. The van der Waals surface area contributed by atoms with Gasteiger partial charge in [-0.2, -0.15) is 0 Å². The second-order valence-corrected chi connectivity index (χ2v) is 12.5. The number of nitrogens with zero attached hydrogens (tertiary/aromatic N) is 3. The molecular formula is C30H37N3O5S. The number of thiazole rings is 1. The molecule has 4 heterocycles. The second-order valence-electron chi connectivity index (χ2n) is 11.5. The molecule has 1 aromatic carbocycles. The second kappa shape index (κ2) is 10.8. The highest BCUT2D eigenvalue weighted by molar-refractivity contribution is 7.19. The molecule has 0 amide bonds. The van der Waals surface area contributed by atoms with Crippen molar-refractivity contribution in [3.8, 4) is 27.4 Å². The number of aromatic nitrogens is 2. The molecule has 1 atom stereocenters. The number of piperidine rings is 1. The minimum absolute atomic E-state index is 0.0277. The van der Waals surface area contributed by atoms with Gasteiger partial charge < -0.3 is 24.0 Å². The number of benzene rings is 1. The summed E-state index contributed by atoms with van der Waals surface area (Å²) >= 11 is 1.65. The van der Waals surface area contributed by atoms with Crippen molar-refractivity contribution in [3.63, 3.8) is 0 Å². The number of methoxy groups -OCH3 is 1. The van der Waals surface area contributed by atoms with Crippen LogP contribution in [0.2, 0.25) is 0 Å². The number of pyridine rings is 1. The Kier molecular flexibility index (Phi) is 7.57. The lowest BCUT2D eigenvalue weighted by atomic mass is 9.78. The summed E-state index contributed by atoms with van der Waals surface area (Å²) in [6.07, 6.45) is 6.27. The molecule has 1 saturated heterocycles. The largest absolute Gasteiger partial charge is 0.496 e. The molecule has 1 N–H and O–H groups in total. The van der Waals surface area contributed by atoms with Gasteiger partial charge in [0.25, 0.3) is 0 Å². The van der Waals surface area contributed by atoms with E-state index in [4.69, 9.17) is 14.5 Å². The van der Waals surface area contributed by atoms with Crippen LogP contribution in [0.5, 0.6) is 5.75 Å². The molecule has 5 rings (SSSR count). The lowest BCUT2D eigenvalue weighted by molar-refractivity contribution is 0.0523. The monoisotopic (exact) mass is 551 g/mol. The van der Waals surface area contributed by atoms with Crippen molar-refractivity contribution in [1.82, 2.24) is 9.55 Å². The Morgan fingerprint density at radius 2 is 1.92 bits per heavy atom. The van der Waals surface area contributed by atoms with Gasteiger partial charge in [0.05, 0.1) is 24.3 Å². The van der Waals surface area contributed by atoms with E-state index in [9.17, 15) is 14.7 Å². The van der Waals surface area contributed by atoms with Crippen LogP contribution in [0.3, 0.4) is 0 Å². The number of rotatable bonds is 6. The van der Waals surface area contributed by atoms with Crippen molar-refractivity contribution in [2.75, 3.05) is 38.3 Å². The first-order valence-electron chi connectivity index (χ1n) is 13.6. The average molecular weight is 552 g/mol. The number of aliphatic hydroxyl groups excluding tert-OH is 1. The van der Waals surface area contributed by atoms with E-state index in [0.29, 0.717) is 11.7 Å². The predicted molar refractivity (Wildman–Crippen MR) is 154 cm³/mol. The van der Waals surface area contributed by atoms with Gasteiger partial charge >= 0.3 is 5.97 Å². The molecule has 208 valence electrons. The first-order chi connectivity index (χ1) is 18.6. The molecule has 1 unspecified atom stereocenters. The number of carbonyl (C=O) groups is 1. The SMILES string of the molecule is CCOC(=O)c1cn2c(cc1=O)-c1cc(OC)c(-c3cnc(N4CCC(CO)CC4)s3)cc1CC2C(C)(C)C. The molecule has 0 bridgehead atoms. The number of carbonyl (C=O) groups excluding carboxylic acids is 1. The van der Waals surface area contributed by atoms with E-state index < -0.39 is 5.97 Å². The number of ether oxygens (including phenoxy) is 2. The standard InChI is InChI=1S/C30H37N3O5S/c1-6-38-28(36)22-16-33-23(14-24(22)35)20-13-25(37-5)21(11-19(20)12-27(33)30(2,3)4)26-15-31-29(39-26)32-9-7-18(17-34)8-10-32/h11,13-16,18,27,34H,6-10,12,17H2,1-5H3. The third-order valence-corrected chi connectivity index (χ3v) is 9.02. The number of esters is 1. The molecule has 9 heteroatoms. The highest BCUT2D eigenvalue weighted by Crippen LogP contribution is 2.47. The molecule has 2 aromatic heterocycles. The lowest BCUT2D eigenvalue weighted by Gasteiger charge is -2.39. The Balaban J connectivity index is 1.57. The molecule has 0 spiro atoms. The van der Waals surface area contributed by atoms with Crippen LogP contribution in [0.1, 0.15) is 62.5 Å². The van der Waals surface area contributed by atoms with Crippen LogP contribution in [0.4, 0.5) is 5.13 Å². The zero-order valence-corrected chi connectivity index (χ0v) is 24.1. The van der Waals surface area contributed by atoms with E-state index in [1.54, 1.807) is 37.6 Å². The van der Waals surface area contributed by atoms with Crippen molar-refractivity contribution in [1.29, 1.82) is 0 Å². The maximum absolute atomic E-state index is 13.0. The summed E-state index contributed by atoms with van der Waals surface area (Å²) < 4.78 is 13.1. The van der Waals surface area contributed by atoms with Crippen LogP contribution in [0.25, 0.3) is 21.7 Å². The number of hydrogen-bond donors (Lipinski definition) is 1. The highest BCUT2D eigenvalue weighted by Gasteiger charge is 2.34. The van der Waals surface area contributed by atoms with Crippen molar-refractivity contribution in [2.45, 2.75) is 53.0 Å². The molecule has 0 radical (unpaired) electrons. The minimum atomic E-state index is -0.592. The maximum Gasteiger partial charge on any atom is 0.343 e. The van der Waals surface area contributed by atoms with Crippen LogP contribution in [-0.2, 0) is 11.2 Å². The Morgan fingerprint density at radius 3 is 2.56 bits per heavy atom. The Labute approximate surface area is 233 Å². The van der Waals surface area contributed by atoms with Crippen LogP contribution in [-0.4, -0.2) is 54.0 Å². The predicted octanol–water partition coefficient (Wildman–Crippen LogP) is 5.18. The molecule has 2 aliphatic rings. The van der Waals surface area contributed by atoms with Crippen molar-refractivity contribution in [3.05, 3.63) is 51.9 Å². The number of fused-ring (bicyclic) bond motifs is 3. The third kappa shape index (κ3) is 5.22. The number of aliphatic hydroxyl groups is 1. The van der Waals surface area contributed by atoms with Crippen LogP contribution >= 0.6 is 11.3 Å². The molecule has 1 fully saturated rings. The van der Waals surface area contributed by atoms with E-state index in [-0.39, 0.29) is 35.7 Å². The van der Waals surface area contributed by atoms with Gasteiger partial charge in [-0.3, -0.25) is 4.79 Å². The van der Waals surface area contributed by atoms with Gasteiger partial charge in [-0.05, 0) is 55.2 Å². The number of anilines is 1. The first-order valence-corrected chi connectivity index (χ1v) is 14.4. The quantitative estimate of drug-likeness (QED) is 0.422. The van der Waals surface area contributed by atoms with Gasteiger partial charge in [-0.15, -0.1) is 0 Å². The van der Waals surface area contributed by atoms with E-state index in [1.165, 1.54) is 0 Å². The summed E-state index contributed by atoms with van der Waals surface area (Å²) in [4.78, 5) is 33.6. The van der Waals surface area contributed by atoms with Gasteiger partial charge in [-0.1, -0.05) is 32.1 Å². The molecule has 39 heavy (non-hydrogen) atoms. The summed E-state index contributed by atoms with van der Waals surface area (Å²) in [6.45, 7) is 10.5. The Morgan fingerprint density at radius 1 is 1.18 bits per heavy atom. The van der Waals surface area contributed by atoms with Crippen molar-refractivity contribution in [2.24, 2.45) is 11.3 Å². The summed E-state index contributed by atoms with van der Waals surface area (Å²) in [5, 5.41) is 10.5. The van der Waals surface area contributed by atoms with Crippen molar-refractivity contribution >= 4 is 22.4 Å². The van der Waals surface area contributed by atoms with Gasteiger partial charge in [0, 0.05) is 55.3 Å². The number of hydrogen-bond acceptors (Lipinski definition) is 8. The normalized spacial score (nSPS) is 17.5. The van der Waals surface area contributed by atoms with Gasteiger partial charge in [0.1, 0.15) is 11.3 Å². The van der Waals surface area contributed by atoms with E-state index in [1.807, 2.05) is 12.3 Å². The molecule has 0 aliphatic carbocycles. The maximum atomic E-state index is 13.0. The van der Waals surface area contributed by atoms with Gasteiger partial charge in [-0.25, -0.2) is 9.78 Å². The van der Waals surface area contributed by atoms with Gasteiger partial charge in [0.15, 0.2) is 10.6 Å². The summed E-state index contributed by atoms with van der Waals surface area (Å²) in [5.74, 6) is 0.498. The van der Waals surface area contributed by atoms with E-state index in [2.05, 4.69) is 36.3 Å². The summed E-state index contributed by atoms with van der Waals surface area (Å²) in [5.41, 5.74) is 3.40. The Hall–Kier alpha value is -3.17. The lowest BCUT2D eigenvalue weighted by Crippen LogP contribution is -2.34. The molecule has 2 aliphatic heterocycles. The topological polar surface area (TPSA) is 93.9 Å². The fourth-order valence-corrected chi connectivity index (χ4v) is 6.64. The first kappa shape index (κ1) is 27.4. The minimum Gasteiger partial charge on any atom is -0.496 e. The van der Waals surface area contributed by atoms with E-state index in [0.717, 1.165) is 64.7 Å². The van der Waals surface area contributed by atoms with Crippen LogP contribution in [0, 0.1) is 11.3 Å².